The molecule has 1 aliphatic carbocycles. The lowest BCUT2D eigenvalue weighted by atomic mass is 9.84. The van der Waals surface area contributed by atoms with Crippen molar-refractivity contribution < 1.29 is 9.59 Å². The van der Waals surface area contributed by atoms with Crippen molar-refractivity contribution in [3.8, 4) is 0 Å². The van der Waals surface area contributed by atoms with Crippen molar-refractivity contribution in [2.75, 3.05) is 24.5 Å². The minimum atomic E-state index is -0.487. The lowest BCUT2D eigenvalue weighted by molar-refractivity contribution is -0.123. The van der Waals surface area contributed by atoms with Gasteiger partial charge in [-0.15, -0.1) is 0 Å². The Morgan fingerprint density at radius 1 is 0.938 bits per heavy atom. The summed E-state index contributed by atoms with van der Waals surface area (Å²) in [6.45, 7) is 2.38. The summed E-state index contributed by atoms with van der Waals surface area (Å²) in [5.74, 6) is 0.265. The molecule has 2 N–H and O–H groups in total. The zero-order valence-electron chi connectivity index (χ0n) is 18.9. The number of para-hydroxylation sites is 1. The highest BCUT2D eigenvalue weighted by atomic mass is 16.2. The molecule has 1 heterocycles. The fraction of sp³-hybridized carbons (Fsp3) is 0.481. The molecule has 1 atom stereocenters. The summed E-state index contributed by atoms with van der Waals surface area (Å²) in [7, 11) is 0. The van der Waals surface area contributed by atoms with Crippen LogP contribution in [-0.4, -0.2) is 37.5 Å². The molecule has 1 aliphatic heterocycles. The fourth-order valence-corrected chi connectivity index (χ4v) is 5.10. The largest absolute Gasteiger partial charge is 0.370 e. The number of nitrogens with one attached hydrogen (secondary N) is 2. The van der Waals surface area contributed by atoms with Crippen LogP contribution in [0.4, 0.5) is 5.69 Å². The van der Waals surface area contributed by atoms with Gasteiger partial charge >= 0.3 is 0 Å². The molecule has 0 radical (unpaired) electrons. The van der Waals surface area contributed by atoms with Crippen LogP contribution in [0.1, 0.15) is 60.9 Å². The third-order valence-electron chi connectivity index (χ3n) is 6.84. The summed E-state index contributed by atoms with van der Waals surface area (Å²) in [6.07, 6.45) is 9.00. The van der Waals surface area contributed by atoms with E-state index in [2.05, 4.69) is 39.8 Å². The predicted molar refractivity (Wildman–Crippen MR) is 129 cm³/mol. The van der Waals surface area contributed by atoms with E-state index in [9.17, 15) is 9.59 Å². The number of hydrogen-bond acceptors (Lipinski definition) is 3. The van der Waals surface area contributed by atoms with Gasteiger partial charge in [0.2, 0.25) is 5.91 Å². The smallest absolute Gasteiger partial charge is 0.251 e. The Hall–Kier alpha value is -2.82. The summed E-state index contributed by atoms with van der Waals surface area (Å²) in [5, 5.41) is 6.13. The van der Waals surface area contributed by atoms with Crippen LogP contribution in [0.2, 0.25) is 0 Å². The number of nitrogens with zero attached hydrogens (tertiary/aromatic N) is 1. The first-order chi connectivity index (χ1) is 15.7. The van der Waals surface area contributed by atoms with Crippen LogP contribution < -0.4 is 15.5 Å². The average molecular weight is 434 g/mol. The van der Waals surface area contributed by atoms with Gasteiger partial charge in [0.15, 0.2) is 0 Å². The summed E-state index contributed by atoms with van der Waals surface area (Å²) in [6, 6.07) is 17.2. The van der Waals surface area contributed by atoms with Crippen LogP contribution in [0.25, 0.3) is 0 Å². The molecule has 4 rings (SSSR count). The molecule has 2 aromatic rings. The molecule has 2 aliphatic rings. The Labute approximate surface area is 191 Å². The maximum atomic E-state index is 13.1. The molecule has 0 spiro atoms. The Morgan fingerprint density at radius 2 is 1.69 bits per heavy atom. The third kappa shape index (κ3) is 5.90. The number of hydrogen-bond donors (Lipinski definition) is 2. The molecule has 170 valence electrons. The van der Waals surface area contributed by atoms with Crippen molar-refractivity contribution in [3.63, 3.8) is 0 Å². The molecule has 1 saturated carbocycles. The van der Waals surface area contributed by atoms with E-state index in [1.807, 2.05) is 18.2 Å². The van der Waals surface area contributed by atoms with Gasteiger partial charge in [0, 0.05) is 30.9 Å². The molecule has 2 amide bonds. The zero-order chi connectivity index (χ0) is 22.2. The summed E-state index contributed by atoms with van der Waals surface area (Å²) in [5.41, 5.74) is 3.26. The highest BCUT2D eigenvalue weighted by Gasteiger charge is 2.26. The van der Waals surface area contributed by atoms with Gasteiger partial charge in [-0.05, 0) is 48.9 Å². The van der Waals surface area contributed by atoms with Crippen LogP contribution in [0, 0.1) is 5.92 Å². The second-order valence-corrected chi connectivity index (χ2v) is 9.14. The van der Waals surface area contributed by atoms with E-state index in [-0.39, 0.29) is 11.8 Å². The molecule has 0 aromatic heterocycles. The molecular formula is C27H35N3O2. The SMILES string of the molecule is O=C(N[C@@H](CC1CCCCC1)C(=O)NCCN1CCCc2ccccc21)c1ccccc1. The number of carbonyl (C=O) groups is 2. The van der Waals surface area contributed by atoms with Crippen molar-refractivity contribution in [2.24, 2.45) is 5.92 Å². The van der Waals surface area contributed by atoms with Crippen molar-refractivity contribution in [3.05, 3.63) is 65.7 Å². The molecular weight excluding hydrogens is 398 g/mol. The van der Waals surface area contributed by atoms with E-state index in [0.717, 1.165) is 45.2 Å². The molecule has 5 nitrogen and oxygen atoms in total. The number of anilines is 1. The monoisotopic (exact) mass is 433 g/mol. The van der Waals surface area contributed by atoms with E-state index in [0.29, 0.717) is 18.0 Å². The molecule has 32 heavy (non-hydrogen) atoms. The highest BCUT2D eigenvalue weighted by Crippen LogP contribution is 2.28. The van der Waals surface area contributed by atoms with Crippen LogP contribution in [0.3, 0.4) is 0 Å². The van der Waals surface area contributed by atoms with Gasteiger partial charge in [-0.3, -0.25) is 9.59 Å². The third-order valence-corrected chi connectivity index (χ3v) is 6.84. The number of amides is 2. The van der Waals surface area contributed by atoms with Crippen LogP contribution in [-0.2, 0) is 11.2 Å². The Morgan fingerprint density at radius 3 is 2.50 bits per heavy atom. The maximum absolute atomic E-state index is 13.1. The molecule has 2 aromatic carbocycles. The standard InChI is InChI=1S/C27H35N3O2/c31-26(23-13-5-2-6-14-23)29-24(20-21-10-3-1-4-11-21)27(32)28-17-19-30-18-9-15-22-12-7-8-16-25(22)30/h2,5-8,12-14,16,21,24H,1,3-4,9-11,15,17-20H2,(H,28,32)(H,29,31)/t24-/m0/s1. The van der Waals surface area contributed by atoms with Crippen molar-refractivity contribution in [2.45, 2.75) is 57.4 Å². The fourth-order valence-electron chi connectivity index (χ4n) is 5.10. The molecule has 0 saturated heterocycles. The van der Waals surface area contributed by atoms with E-state index in [4.69, 9.17) is 0 Å². The van der Waals surface area contributed by atoms with Crippen LogP contribution in [0.5, 0.6) is 0 Å². The maximum Gasteiger partial charge on any atom is 0.251 e. The average Bonchev–Trinajstić information content (AvgIpc) is 2.85. The van der Waals surface area contributed by atoms with Gasteiger partial charge in [-0.1, -0.05) is 68.5 Å². The summed E-state index contributed by atoms with van der Waals surface area (Å²) < 4.78 is 0. The van der Waals surface area contributed by atoms with Gasteiger partial charge < -0.3 is 15.5 Å². The van der Waals surface area contributed by atoms with Crippen LogP contribution in [0.15, 0.2) is 54.6 Å². The normalized spacial score (nSPS) is 17.3. The van der Waals surface area contributed by atoms with Crippen molar-refractivity contribution in [1.29, 1.82) is 0 Å². The van der Waals surface area contributed by atoms with Gasteiger partial charge in [-0.25, -0.2) is 0 Å². The molecule has 5 heteroatoms. The lowest BCUT2D eigenvalue weighted by Crippen LogP contribution is -2.49. The predicted octanol–water partition coefficient (Wildman–Crippen LogP) is 4.32. The van der Waals surface area contributed by atoms with E-state index < -0.39 is 6.04 Å². The first kappa shape index (κ1) is 22.4. The number of benzene rings is 2. The molecule has 0 unspecified atom stereocenters. The second kappa shape index (κ2) is 11.2. The second-order valence-electron chi connectivity index (χ2n) is 9.14. The minimum absolute atomic E-state index is 0.0647. The highest BCUT2D eigenvalue weighted by molar-refractivity contribution is 5.97. The first-order valence-corrected chi connectivity index (χ1v) is 12.2. The minimum Gasteiger partial charge on any atom is -0.370 e. The van der Waals surface area contributed by atoms with Gasteiger partial charge in [0.1, 0.15) is 6.04 Å². The Bertz CT molecular complexity index is 893. The summed E-state index contributed by atoms with van der Waals surface area (Å²) in [4.78, 5) is 28.2. The Kier molecular flexibility index (Phi) is 7.81. The topological polar surface area (TPSA) is 61.4 Å². The Balaban J connectivity index is 1.35. The van der Waals surface area contributed by atoms with E-state index in [1.54, 1.807) is 12.1 Å². The van der Waals surface area contributed by atoms with E-state index >= 15 is 0 Å². The number of aryl methyl sites for hydroxylation is 1. The van der Waals surface area contributed by atoms with Crippen molar-refractivity contribution in [1.82, 2.24) is 10.6 Å². The first-order valence-electron chi connectivity index (χ1n) is 12.2. The number of carbonyl (C=O) groups excluding carboxylic acids is 2. The molecule has 1 fully saturated rings. The number of rotatable bonds is 8. The van der Waals surface area contributed by atoms with Gasteiger partial charge in [-0.2, -0.15) is 0 Å². The van der Waals surface area contributed by atoms with E-state index in [1.165, 1.54) is 30.5 Å². The number of fused-ring (bicyclic) bond motifs is 1. The van der Waals surface area contributed by atoms with Gasteiger partial charge in [0.25, 0.3) is 5.91 Å². The molecule has 0 bridgehead atoms. The van der Waals surface area contributed by atoms with Crippen LogP contribution >= 0.6 is 0 Å². The quantitative estimate of drug-likeness (QED) is 0.652. The summed E-state index contributed by atoms with van der Waals surface area (Å²) >= 11 is 0. The zero-order valence-corrected chi connectivity index (χ0v) is 18.9. The van der Waals surface area contributed by atoms with Crippen molar-refractivity contribution >= 4 is 17.5 Å². The lowest BCUT2D eigenvalue weighted by Gasteiger charge is -2.31. The van der Waals surface area contributed by atoms with Gasteiger partial charge in [0.05, 0.1) is 0 Å².